The molecule has 3 heteroatoms. The lowest BCUT2D eigenvalue weighted by atomic mass is 10.1. The summed E-state index contributed by atoms with van der Waals surface area (Å²) in [6.07, 6.45) is 0.545. The smallest absolute Gasteiger partial charge is 0.228 e. The zero-order valence-electron chi connectivity index (χ0n) is 10.3. The van der Waals surface area contributed by atoms with Crippen LogP contribution >= 0.6 is 0 Å². The Morgan fingerprint density at radius 1 is 1.38 bits per heavy atom. The van der Waals surface area contributed by atoms with Crippen molar-refractivity contribution in [3.8, 4) is 0 Å². The van der Waals surface area contributed by atoms with Crippen LogP contribution in [0.2, 0.25) is 0 Å². The van der Waals surface area contributed by atoms with Crippen LogP contribution in [0.3, 0.4) is 0 Å². The number of nitrogens with one attached hydrogen (secondary N) is 1. The first kappa shape index (κ1) is 11.0. The van der Waals surface area contributed by atoms with Crippen LogP contribution in [-0.2, 0) is 4.79 Å². The average Bonchev–Trinajstić information content (AvgIpc) is 2.24. The van der Waals surface area contributed by atoms with E-state index in [0.29, 0.717) is 6.42 Å². The first-order chi connectivity index (χ1) is 7.49. The second-order valence-corrected chi connectivity index (χ2v) is 4.68. The van der Waals surface area contributed by atoms with Crippen molar-refractivity contribution in [1.29, 1.82) is 0 Å². The van der Waals surface area contributed by atoms with E-state index in [1.807, 2.05) is 20.9 Å². The maximum Gasteiger partial charge on any atom is 0.228 e. The molecule has 2 rings (SSSR count). The van der Waals surface area contributed by atoms with Gasteiger partial charge in [-0.05, 0) is 38.0 Å². The van der Waals surface area contributed by atoms with Gasteiger partial charge in [0.1, 0.15) is 0 Å². The first-order valence-corrected chi connectivity index (χ1v) is 5.63. The van der Waals surface area contributed by atoms with Gasteiger partial charge in [-0.15, -0.1) is 0 Å². The van der Waals surface area contributed by atoms with E-state index in [-0.39, 0.29) is 11.9 Å². The van der Waals surface area contributed by atoms with Crippen molar-refractivity contribution in [3.05, 3.63) is 23.3 Å². The molecule has 1 heterocycles. The molecule has 0 fully saturated rings. The zero-order chi connectivity index (χ0) is 11.9. The highest BCUT2D eigenvalue weighted by Crippen LogP contribution is 2.33. The molecule has 0 saturated heterocycles. The van der Waals surface area contributed by atoms with Gasteiger partial charge in [0.15, 0.2) is 0 Å². The van der Waals surface area contributed by atoms with Gasteiger partial charge in [-0.25, -0.2) is 0 Å². The van der Waals surface area contributed by atoms with Crippen molar-refractivity contribution < 1.29 is 4.79 Å². The van der Waals surface area contributed by atoms with E-state index in [4.69, 9.17) is 0 Å². The van der Waals surface area contributed by atoms with Gasteiger partial charge in [-0.2, -0.15) is 0 Å². The summed E-state index contributed by atoms with van der Waals surface area (Å²) in [6.45, 7) is 6.16. The molecular weight excluding hydrogens is 200 g/mol. The Kier molecular flexibility index (Phi) is 2.62. The van der Waals surface area contributed by atoms with E-state index in [1.54, 1.807) is 4.90 Å². The quantitative estimate of drug-likeness (QED) is 0.725. The summed E-state index contributed by atoms with van der Waals surface area (Å²) in [6, 6.07) is 4.41. The number of carbonyl (C=O) groups excluding carboxylic acids is 1. The molecule has 1 aliphatic heterocycles. The maximum atomic E-state index is 11.9. The van der Waals surface area contributed by atoms with Crippen molar-refractivity contribution in [1.82, 2.24) is 0 Å². The molecule has 86 valence electrons. The highest BCUT2D eigenvalue weighted by molar-refractivity contribution is 5.99. The average molecular weight is 218 g/mol. The molecule has 16 heavy (non-hydrogen) atoms. The molecule has 1 aromatic carbocycles. The van der Waals surface area contributed by atoms with Crippen LogP contribution in [0.15, 0.2) is 12.1 Å². The Labute approximate surface area is 96.5 Å². The summed E-state index contributed by atoms with van der Waals surface area (Å²) in [5, 5.41) is 3.40. The second-order valence-electron chi connectivity index (χ2n) is 4.68. The molecule has 1 aromatic rings. The van der Waals surface area contributed by atoms with Gasteiger partial charge >= 0.3 is 0 Å². The largest absolute Gasteiger partial charge is 0.380 e. The van der Waals surface area contributed by atoms with E-state index in [2.05, 4.69) is 24.4 Å². The minimum Gasteiger partial charge on any atom is -0.380 e. The van der Waals surface area contributed by atoms with Crippen molar-refractivity contribution >= 4 is 17.3 Å². The molecule has 0 saturated carbocycles. The van der Waals surface area contributed by atoms with Gasteiger partial charge in [-0.3, -0.25) is 4.79 Å². The van der Waals surface area contributed by atoms with Crippen LogP contribution in [0, 0.1) is 13.8 Å². The fourth-order valence-electron chi connectivity index (χ4n) is 2.36. The van der Waals surface area contributed by atoms with Crippen molar-refractivity contribution in [2.24, 2.45) is 0 Å². The highest BCUT2D eigenvalue weighted by Gasteiger charge is 2.23. The van der Waals surface area contributed by atoms with Crippen LogP contribution in [-0.4, -0.2) is 19.0 Å². The number of benzene rings is 1. The fraction of sp³-hybridized carbons (Fsp3) is 0.462. The lowest BCUT2D eigenvalue weighted by Crippen LogP contribution is -2.27. The van der Waals surface area contributed by atoms with Crippen LogP contribution < -0.4 is 10.2 Å². The number of anilines is 2. The number of fused-ring (bicyclic) bond motifs is 1. The summed E-state index contributed by atoms with van der Waals surface area (Å²) < 4.78 is 0. The Morgan fingerprint density at radius 3 is 2.75 bits per heavy atom. The number of nitrogens with zero attached hydrogens (tertiary/aromatic N) is 1. The Morgan fingerprint density at radius 2 is 2.06 bits per heavy atom. The molecule has 0 aliphatic carbocycles. The summed E-state index contributed by atoms with van der Waals surface area (Å²) in [5.74, 6) is 0.172. The van der Waals surface area contributed by atoms with Crippen LogP contribution in [0.1, 0.15) is 24.5 Å². The van der Waals surface area contributed by atoms with E-state index in [1.165, 1.54) is 5.56 Å². The van der Waals surface area contributed by atoms with Crippen LogP contribution in [0.5, 0.6) is 0 Å². The fourth-order valence-corrected chi connectivity index (χ4v) is 2.36. The standard InChI is InChI=1S/C13H18N2O/c1-8-5-9(2)13-11(6-8)14-10(3)7-12(16)15(13)4/h5-6,10,14H,7H2,1-4H3. The van der Waals surface area contributed by atoms with Gasteiger partial charge in [0, 0.05) is 19.5 Å². The Hall–Kier alpha value is -1.51. The van der Waals surface area contributed by atoms with E-state index >= 15 is 0 Å². The SMILES string of the molecule is Cc1cc(C)c2c(c1)NC(C)CC(=O)N2C. The molecule has 1 atom stereocenters. The van der Waals surface area contributed by atoms with Gasteiger partial charge in [0.25, 0.3) is 0 Å². The first-order valence-electron chi connectivity index (χ1n) is 5.63. The van der Waals surface area contributed by atoms with Crippen molar-refractivity contribution in [3.63, 3.8) is 0 Å². The third-order valence-corrected chi connectivity index (χ3v) is 3.04. The predicted molar refractivity (Wildman–Crippen MR) is 67.0 cm³/mol. The normalized spacial score (nSPS) is 20.1. The predicted octanol–water partition coefficient (Wildman–Crippen LogP) is 2.47. The summed E-state index contributed by atoms with van der Waals surface area (Å²) in [4.78, 5) is 13.7. The molecule has 1 N–H and O–H groups in total. The molecular formula is C13H18N2O. The minimum absolute atomic E-state index is 0.172. The van der Waals surface area contributed by atoms with Gasteiger partial charge in [0.2, 0.25) is 5.91 Å². The lowest BCUT2D eigenvalue weighted by Gasteiger charge is -2.20. The number of hydrogen-bond donors (Lipinski definition) is 1. The molecule has 1 aliphatic rings. The lowest BCUT2D eigenvalue weighted by molar-refractivity contribution is -0.118. The van der Waals surface area contributed by atoms with Crippen LogP contribution in [0.25, 0.3) is 0 Å². The van der Waals surface area contributed by atoms with Gasteiger partial charge in [-0.1, -0.05) is 6.07 Å². The zero-order valence-corrected chi connectivity index (χ0v) is 10.3. The number of carbonyl (C=O) groups is 1. The number of rotatable bonds is 0. The molecule has 3 nitrogen and oxygen atoms in total. The molecule has 1 amide bonds. The van der Waals surface area contributed by atoms with Crippen molar-refractivity contribution in [2.75, 3.05) is 17.3 Å². The summed E-state index contributed by atoms with van der Waals surface area (Å²) >= 11 is 0. The monoisotopic (exact) mass is 218 g/mol. The van der Waals surface area contributed by atoms with Gasteiger partial charge < -0.3 is 10.2 Å². The molecule has 0 bridgehead atoms. The minimum atomic E-state index is 0.172. The van der Waals surface area contributed by atoms with Gasteiger partial charge in [0.05, 0.1) is 11.4 Å². The Bertz CT molecular complexity index is 440. The van der Waals surface area contributed by atoms with E-state index in [9.17, 15) is 4.79 Å². The molecule has 1 unspecified atom stereocenters. The third-order valence-electron chi connectivity index (χ3n) is 3.04. The third kappa shape index (κ3) is 1.77. The second kappa shape index (κ2) is 3.81. The Balaban J connectivity index is 2.59. The van der Waals surface area contributed by atoms with Crippen LogP contribution in [0.4, 0.5) is 11.4 Å². The number of hydrogen-bond acceptors (Lipinski definition) is 2. The molecule has 0 aromatic heterocycles. The summed E-state index contributed by atoms with van der Waals surface area (Å²) in [7, 11) is 1.85. The van der Waals surface area contributed by atoms with Crippen molar-refractivity contribution in [2.45, 2.75) is 33.2 Å². The van der Waals surface area contributed by atoms with E-state index in [0.717, 1.165) is 16.9 Å². The molecule has 0 radical (unpaired) electrons. The summed E-state index contributed by atoms with van der Waals surface area (Å²) in [5.41, 5.74) is 4.45. The maximum absolute atomic E-state index is 11.9. The van der Waals surface area contributed by atoms with E-state index < -0.39 is 0 Å². The highest BCUT2D eigenvalue weighted by atomic mass is 16.2. The number of amides is 1. The number of aryl methyl sites for hydroxylation is 2. The molecule has 0 spiro atoms. The topological polar surface area (TPSA) is 32.3 Å².